The molecule has 1 aliphatic rings. The number of hydrazine groups is 1. The number of allylic oxidation sites excluding steroid dienone is 3. The van der Waals surface area contributed by atoms with E-state index in [4.69, 9.17) is 0 Å². The summed E-state index contributed by atoms with van der Waals surface area (Å²) in [6, 6.07) is 0. The lowest BCUT2D eigenvalue weighted by Crippen LogP contribution is -2.41. The minimum Gasteiger partial charge on any atom is -0.359 e. The highest BCUT2D eigenvalue weighted by atomic mass is 19.1. The SMILES string of the molecule is CC(C)/C=N\C(O)NNCC1=CC=CCC1F. The third-order valence-electron chi connectivity index (χ3n) is 2.24. The van der Waals surface area contributed by atoms with Crippen molar-refractivity contribution in [2.75, 3.05) is 6.54 Å². The van der Waals surface area contributed by atoms with E-state index in [1.165, 1.54) is 0 Å². The van der Waals surface area contributed by atoms with Crippen LogP contribution in [0.3, 0.4) is 0 Å². The molecule has 2 atom stereocenters. The number of nitrogens with one attached hydrogen (secondary N) is 2. The highest BCUT2D eigenvalue weighted by Gasteiger charge is 2.13. The molecule has 2 unspecified atom stereocenters. The van der Waals surface area contributed by atoms with Crippen LogP contribution in [0.1, 0.15) is 20.3 Å². The van der Waals surface area contributed by atoms with E-state index >= 15 is 0 Å². The second-order valence-corrected chi connectivity index (χ2v) is 4.29. The van der Waals surface area contributed by atoms with Crippen molar-refractivity contribution in [2.45, 2.75) is 32.8 Å². The van der Waals surface area contributed by atoms with Gasteiger partial charge in [0, 0.05) is 19.2 Å². The Balaban J connectivity index is 2.23. The molecule has 4 nitrogen and oxygen atoms in total. The molecule has 0 aliphatic heterocycles. The predicted octanol–water partition coefficient (Wildman–Crippen LogP) is 1.31. The van der Waals surface area contributed by atoms with Gasteiger partial charge in [-0.1, -0.05) is 32.1 Å². The van der Waals surface area contributed by atoms with Crippen LogP contribution >= 0.6 is 0 Å². The molecule has 0 heterocycles. The Bertz CT molecular complexity index is 313. The van der Waals surface area contributed by atoms with E-state index in [0.29, 0.717) is 18.5 Å². The summed E-state index contributed by atoms with van der Waals surface area (Å²) < 4.78 is 13.3. The fourth-order valence-electron chi connectivity index (χ4n) is 1.35. The molecule has 0 amide bonds. The zero-order chi connectivity index (χ0) is 12.7. The van der Waals surface area contributed by atoms with Crippen molar-refractivity contribution in [3.8, 4) is 0 Å². The molecule has 17 heavy (non-hydrogen) atoms. The Morgan fingerprint density at radius 1 is 1.65 bits per heavy atom. The number of aliphatic imine (C=N–C) groups is 1. The zero-order valence-electron chi connectivity index (χ0n) is 10.2. The average molecular weight is 241 g/mol. The fraction of sp³-hybridized carbons (Fsp3) is 0.583. The molecule has 5 heteroatoms. The summed E-state index contributed by atoms with van der Waals surface area (Å²) in [6.07, 6.45) is 5.50. The largest absolute Gasteiger partial charge is 0.359 e. The number of alkyl halides is 1. The van der Waals surface area contributed by atoms with Crippen LogP contribution in [0.5, 0.6) is 0 Å². The Hall–Kier alpha value is -1.04. The molecule has 3 N–H and O–H groups in total. The number of hydrogen-bond acceptors (Lipinski definition) is 4. The summed E-state index contributed by atoms with van der Waals surface area (Å²) in [5.74, 6) is 0.285. The van der Waals surface area contributed by atoms with E-state index in [9.17, 15) is 9.50 Å². The Morgan fingerprint density at radius 2 is 2.41 bits per heavy atom. The standard InChI is InChI=1S/C12H20FN3O/c1-9(2)7-14-12(17)16-15-8-10-5-3-4-6-11(10)13/h3-5,7,9,11-12,15-17H,6,8H2,1-2H3/b14-7-. The van der Waals surface area contributed by atoms with Crippen LogP contribution in [0.2, 0.25) is 0 Å². The van der Waals surface area contributed by atoms with Crippen molar-refractivity contribution in [1.82, 2.24) is 10.9 Å². The molecule has 0 saturated carbocycles. The van der Waals surface area contributed by atoms with Gasteiger partial charge in [-0.05, 0) is 11.5 Å². The first-order valence-electron chi connectivity index (χ1n) is 5.79. The number of halogens is 1. The Morgan fingerprint density at radius 3 is 3.06 bits per heavy atom. The van der Waals surface area contributed by atoms with Gasteiger partial charge in [-0.15, -0.1) is 0 Å². The lowest BCUT2D eigenvalue weighted by molar-refractivity contribution is 0.129. The molecule has 0 saturated heterocycles. The Labute approximate surface area is 101 Å². The number of nitrogens with zero attached hydrogens (tertiary/aromatic N) is 1. The summed E-state index contributed by atoms with van der Waals surface area (Å²) in [4.78, 5) is 3.86. The molecule has 1 rings (SSSR count). The van der Waals surface area contributed by atoms with Crippen LogP contribution < -0.4 is 10.9 Å². The van der Waals surface area contributed by atoms with Crippen LogP contribution in [0.15, 0.2) is 28.8 Å². The number of hydrogen-bond donors (Lipinski definition) is 3. The predicted molar refractivity (Wildman–Crippen MR) is 67.2 cm³/mol. The smallest absolute Gasteiger partial charge is 0.214 e. The monoisotopic (exact) mass is 241 g/mol. The van der Waals surface area contributed by atoms with Crippen LogP contribution in [-0.4, -0.2) is 30.4 Å². The Kier molecular flexibility index (Phi) is 6.04. The van der Waals surface area contributed by atoms with Gasteiger partial charge >= 0.3 is 0 Å². The van der Waals surface area contributed by atoms with E-state index in [2.05, 4.69) is 15.8 Å². The molecular weight excluding hydrogens is 221 g/mol. The van der Waals surface area contributed by atoms with Crippen molar-refractivity contribution >= 4 is 6.21 Å². The van der Waals surface area contributed by atoms with Gasteiger partial charge in [0.2, 0.25) is 6.35 Å². The molecule has 0 bridgehead atoms. The average Bonchev–Trinajstić information content (AvgIpc) is 2.29. The van der Waals surface area contributed by atoms with Crippen LogP contribution in [0.4, 0.5) is 4.39 Å². The number of aliphatic hydroxyl groups is 1. The molecular formula is C12H20FN3O. The van der Waals surface area contributed by atoms with Gasteiger partial charge in [0.15, 0.2) is 0 Å². The maximum absolute atomic E-state index is 13.3. The third-order valence-corrected chi connectivity index (χ3v) is 2.24. The number of aliphatic hydroxyl groups excluding tert-OH is 1. The van der Waals surface area contributed by atoms with Crippen LogP contribution in [0, 0.1) is 5.92 Å². The van der Waals surface area contributed by atoms with Gasteiger partial charge in [0.05, 0.1) is 0 Å². The first-order chi connectivity index (χ1) is 8.09. The van der Waals surface area contributed by atoms with Gasteiger partial charge in [0.1, 0.15) is 6.17 Å². The maximum Gasteiger partial charge on any atom is 0.214 e. The minimum atomic E-state index is -1.00. The summed E-state index contributed by atoms with van der Waals surface area (Å²) in [6.45, 7) is 4.28. The molecule has 0 aromatic carbocycles. The first-order valence-corrected chi connectivity index (χ1v) is 5.79. The molecule has 0 spiro atoms. The molecule has 0 fully saturated rings. The van der Waals surface area contributed by atoms with Crippen molar-refractivity contribution in [2.24, 2.45) is 10.9 Å². The van der Waals surface area contributed by atoms with Gasteiger partial charge < -0.3 is 5.11 Å². The van der Waals surface area contributed by atoms with Crippen molar-refractivity contribution in [3.63, 3.8) is 0 Å². The van der Waals surface area contributed by atoms with E-state index in [0.717, 1.165) is 0 Å². The zero-order valence-corrected chi connectivity index (χ0v) is 10.2. The highest BCUT2D eigenvalue weighted by molar-refractivity contribution is 5.59. The van der Waals surface area contributed by atoms with Gasteiger partial charge in [0.25, 0.3) is 0 Å². The van der Waals surface area contributed by atoms with E-state index in [1.54, 1.807) is 18.4 Å². The summed E-state index contributed by atoms with van der Waals surface area (Å²) in [5, 5.41) is 9.39. The number of rotatable bonds is 6. The van der Waals surface area contributed by atoms with Gasteiger partial charge in [-0.25, -0.2) is 15.2 Å². The third kappa shape index (κ3) is 5.72. The van der Waals surface area contributed by atoms with Crippen molar-refractivity contribution < 1.29 is 9.50 Å². The second kappa shape index (κ2) is 7.32. The summed E-state index contributed by atoms with van der Waals surface area (Å²) in [7, 11) is 0. The van der Waals surface area contributed by atoms with Crippen LogP contribution in [-0.2, 0) is 0 Å². The molecule has 0 aromatic heterocycles. The van der Waals surface area contributed by atoms with Gasteiger partial charge in [-0.3, -0.25) is 4.99 Å². The van der Waals surface area contributed by atoms with Crippen LogP contribution in [0.25, 0.3) is 0 Å². The summed E-state index contributed by atoms with van der Waals surface area (Å²) >= 11 is 0. The molecule has 0 aromatic rings. The first kappa shape index (κ1) is 14.0. The molecule has 1 aliphatic carbocycles. The minimum absolute atomic E-state index is 0.285. The van der Waals surface area contributed by atoms with Crippen molar-refractivity contribution in [3.05, 3.63) is 23.8 Å². The van der Waals surface area contributed by atoms with Crippen molar-refractivity contribution in [1.29, 1.82) is 0 Å². The lowest BCUT2D eigenvalue weighted by atomic mass is 10.0. The lowest BCUT2D eigenvalue weighted by Gasteiger charge is -2.16. The summed E-state index contributed by atoms with van der Waals surface area (Å²) in [5.41, 5.74) is 6.00. The van der Waals surface area contributed by atoms with E-state index < -0.39 is 12.5 Å². The molecule has 0 radical (unpaired) electrons. The van der Waals surface area contributed by atoms with E-state index in [-0.39, 0.29) is 5.92 Å². The second-order valence-electron chi connectivity index (χ2n) is 4.29. The quantitative estimate of drug-likeness (QED) is 0.373. The molecule has 96 valence electrons. The highest BCUT2D eigenvalue weighted by Crippen LogP contribution is 2.15. The normalized spacial score (nSPS) is 22.2. The topological polar surface area (TPSA) is 56.7 Å². The maximum atomic E-state index is 13.3. The van der Waals surface area contributed by atoms with Gasteiger partial charge in [-0.2, -0.15) is 0 Å². The fourth-order valence-corrected chi connectivity index (χ4v) is 1.35. The van der Waals surface area contributed by atoms with E-state index in [1.807, 2.05) is 19.9 Å².